The van der Waals surface area contributed by atoms with Crippen LogP contribution in [0.1, 0.15) is 34.2 Å². The Morgan fingerprint density at radius 2 is 0.431 bits per heavy atom. The van der Waals surface area contributed by atoms with Gasteiger partial charge in [0, 0.05) is 52.4 Å². The Balaban J connectivity index is 1.53. The maximum absolute atomic E-state index is 14.7. The molecular weight excluding hydrogens is 931 g/mol. The summed E-state index contributed by atoms with van der Waals surface area (Å²) in [6.07, 6.45) is -0.146. The predicted octanol–water partition coefficient (Wildman–Crippen LogP) is 5.34. The fraction of sp³-hybridized carbons (Fsp3) is 0.333. The topological polar surface area (TPSA) is 187 Å². The van der Waals surface area contributed by atoms with Crippen LogP contribution in [0.4, 0.5) is 0 Å². The summed E-state index contributed by atoms with van der Waals surface area (Å²) in [6, 6.07) is 30.0. The van der Waals surface area contributed by atoms with Crippen molar-refractivity contribution in [2.45, 2.75) is 65.5 Å². The van der Waals surface area contributed by atoms with E-state index in [2.05, 4.69) is 0 Å². The van der Waals surface area contributed by atoms with Crippen LogP contribution < -0.4 is 0 Å². The molecule has 0 spiro atoms. The van der Waals surface area contributed by atoms with E-state index in [9.17, 15) is 42.1 Å². The normalized spacial score (nSPS) is 17.3. The van der Waals surface area contributed by atoms with Crippen molar-refractivity contribution in [3.63, 3.8) is 0 Å². The Bertz CT molecular complexity index is 3010. The van der Waals surface area contributed by atoms with Crippen LogP contribution in [0.15, 0.2) is 146 Å². The summed E-state index contributed by atoms with van der Waals surface area (Å²) < 4.78 is 151. The molecule has 15 nitrogen and oxygen atoms in total. The molecule has 20 heteroatoms. The molecule has 350 valence electrons. The third kappa shape index (κ3) is 11.6. The molecule has 0 amide bonds. The Labute approximate surface area is 385 Å². The van der Waals surface area contributed by atoms with Crippen LogP contribution in [-0.2, 0) is 50.1 Å². The highest BCUT2D eigenvalue weighted by molar-refractivity contribution is 7.90. The zero-order chi connectivity index (χ0) is 47.4. The van der Waals surface area contributed by atoms with Crippen LogP contribution in [0.5, 0.6) is 0 Å². The number of hydrogen-bond donors (Lipinski definition) is 0. The molecule has 5 aromatic carbocycles. The highest BCUT2D eigenvalue weighted by Crippen LogP contribution is 2.26. The van der Waals surface area contributed by atoms with Crippen LogP contribution in [0.2, 0.25) is 0 Å². The molecule has 0 bridgehead atoms. The average Bonchev–Trinajstić information content (AvgIpc) is 3.26. The summed E-state index contributed by atoms with van der Waals surface area (Å²) in [6.45, 7) is 4.62. The van der Waals surface area contributed by atoms with E-state index in [1.807, 2.05) is 0 Å². The molecule has 5 aromatic rings. The molecule has 0 N–H and O–H groups in total. The van der Waals surface area contributed by atoms with Crippen LogP contribution in [0, 0.1) is 34.6 Å². The Hall–Kier alpha value is -4.35. The van der Waals surface area contributed by atoms with Gasteiger partial charge in [0.25, 0.3) is 0 Å². The summed E-state index contributed by atoms with van der Waals surface area (Å²) >= 11 is 0. The van der Waals surface area contributed by atoms with E-state index in [0.717, 1.165) is 49.3 Å². The lowest BCUT2D eigenvalue weighted by Gasteiger charge is -2.32. The molecule has 0 saturated carbocycles. The van der Waals surface area contributed by atoms with Gasteiger partial charge in [-0.15, -0.1) is 0 Å². The molecule has 1 fully saturated rings. The molecule has 0 aliphatic carbocycles. The van der Waals surface area contributed by atoms with Crippen LogP contribution >= 0.6 is 0 Å². The van der Waals surface area contributed by atoms with Gasteiger partial charge in [-0.1, -0.05) is 88.5 Å². The van der Waals surface area contributed by atoms with Gasteiger partial charge in [-0.2, -0.15) is 21.5 Å². The first-order valence-electron chi connectivity index (χ1n) is 20.9. The van der Waals surface area contributed by atoms with E-state index in [1.54, 1.807) is 95.3 Å². The maximum Gasteiger partial charge on any atom is 0.244 e. The van der Waals surface area contributed by atoms with Gasteiger partial charge in [0.2, 0.25) is 50.1 Å². The van der Waals surface area contributed by atoms with Gasteiger partial charge >= 0.3 is 0 Å². The second-order valence-electron chi connectivity index (χ2n) is 16.1. The van der Waals surface area contributed by atoms with Crippen molar-refractivity contribution in [1.29, 1.82) is 0 Å². The number of nitrogens with zero attached hydrogens (tertiary/aromatic N) is 5. The fourth-order valence-corrected chi connectivity index (χ4v) is 14.4. The predicted molar refractivity (Wildman–Crippen MR) is 249 cm³/mol. The lowest BCUT2D eigenvalue weighted by Crippen LogP contribution is -2.49. The highest BCUT2D eigenvalue weighted by Gasteiger charge is 2.36. The first-order chi connectivity index (χ1) is 30.5. The van der Waals surface area contributed by atoms with Crippen molar-refractivity contribution in [2.75, 3.05) is 59.0 Å². The van der Waals surface area contributed by atoms with Crippen molar-refractivity contribution in [3.8, 4) is 0 Å². The van der Waals surface area contributed by atoms with Gasteiger partial charge in [-0.05, 0) is 102 Å². The Morgan fingerprint density at radius 1 is 0.262 bits per heavy atom. The van der Waals surface area contributed by atoms with E-state index in [1.165, 1.54) is 60.7 Å². The molecule has 1 saturated heterocycles. The Kier molecular flexibility index (Phi) is 15.6. The highest BCUT2D eigenvalue weighted by atomic mass is 32.2. The standard InChI is InChI=1S/C45H55N5O10S5/c1-36-7-17-41(18-8-36)61(51,52)46-27-6-28-49(64(57,58)44-23-13-39(4)14-24-44)35-50(65(59,60)45-25-15-40(5)16-26-45)34-33-48(63(55,56)43-21-11-38(3)12-22-43)32-31-47(30-29-46)62(53,54)42-19-9-37(2)10-20-42/h7-26H,6,27-35H2,1-5H3. The van der Waals surface area contributed by atoms with E-state index in [-0.39, 0.29) is 44.0 Å². The molecule has 1 aliphatic rings. The molecular formula is C45H55N5O10S5. The monoisotopic (exact) mass is 985 g/mol. The molecule has 6 rings (SSSR count). The fourth-order valence-electron chi connectivity index (χ4n) is 7.16. The number of hydrogen-bond acceptors (Lipinski definition) is 10. The number of sulfonamides is 5. The summed E-state index contributed by atoms with van der Waals surface area (Å²) in [4.78, 5) is -0.635. The zero-order valence-corrected chi connectivity index (χ0v) is 41.1. The van der Waals surface area contributed by atoms with Crippen molar-refractivity contribution >= 4 is 50.1 Å². The van der Waals surface area contributed by atoms with Crippen LogP contribution in [-0.4, -0.2) is 123 Å². The van der Waals surface area contributed by atoms with Gasteiger partial charge < -0.3 is 0 Å². The lowest BCUT2D eigenvalue weighted by molar-refractivity contribution is 0.262. The summed E-state index contributed by atoms with van der Waals surface area (Å²) in [5, 5.41) is 0. The summed E-state index contributed by atoms with van der Waals surface area (Å²) in [7, 11) is -22.3. The van der Waals surface area contributed by atoms with Gasteiger partial charge in [-0.25, -0.2) is 42.1 Å². The largest absolute Gasteiger partial charge is 0.244 e. The minimum Gasteiger partial charge on any atom is -0.207 e. The Morgan fingerprint density at radius 3 is 0.677 bits per heavy atom. The van der Waals surface area contributed by atoms with Crippen molar-refractivity contribution in [3.05, 3.63) is 149 Å². The third-order valence-corrected chi connectivity index (χ3v) is 20.7. The smallest absolute Gasteiger partial charge is 0.207 e. The molecule has 1 heterocycles. The summed E-state index contributed by atoms with van der Waals surface area (Å²) in [5.74, 6) is 0. The van der Waals surface area contributed by atoms with Gasteiger partial charge in [0.05, 0.1) is 31.1 Å². The number of aryl methyl sites for hydroxylation is 5. The quantitative estimate of drug-likeness (QED) is 0.177. The first kappa shape index (κ1) is 50.1. The molecule has 0 radical (unpaired) electrons. The van der Waals surface area contributed by atoms with Crippen molar-refractivity contribution < 1.29 is 42.1 Å². The SMILES string of the molecule is Cc1ccc(S(=O)(=O)N2CCCN(S(=O)(=O)c3ccc(C)cc3)CN(S(=O)(=O)c3ccc(C)cc3)CCN(S(=O)(=O)c3ccc(C)cc3)CCN(S(=O)(=O)c3ccc(C)cc3)CC2)cc1. The van der Waals surface area contributed by atoms with E-state index in [4.69, 9.17) is 0 Å². The molecule has 1 aliphatic heterocycles. The lowest BCUT2D eigenvalue weighted by atomic mass is 10.2. The van der Waals surface area contributed by atoms with Gasteiger partial charge in [0.1, 0.15) is 0 Å². The van der Waals surface area contributed by atoms with Crippen molar-refractivity contribution in [2.24, 2.45) is 0 Å². The molecule has 65 heavy (non-hydrogen) atoms. The van der Waals surface area contributed by atoms with Gasteiger partial charge in [0.15, 0.2) is 0 Å². The zero-order valence-electron chi connectivity index (χ0n) is 37.0. The van der Waals surface area contributed by atoms with Crippen molar-refractivity contribution in [1.82, 2.24) is 21.5 Å². The first-order valence-corrected chi connectivity index (χ1v) is 28.1. The number of rotatable bonds is 10. The summed E-state index contributed by atoms with van der Waals surface area (Å²) in [5.41, 5.74) is 3.89. The van der Waals surface area contributed by atoms with E-state index >= 15 is 0 Å². The van der Waals surface area contributed by atoms with Crippen LogP contribution in [0.25, 0.3) is 0 Å². The second kappa shape index (κ2) is 20.3. The van der Waals surface area contributed by atoms with E-state index in [0.29, 0.717) is 0 Å². The van der Waals surface area contributed by atoms with E-state index < -0.39 is 96.1 Å². The minimum absolute atomic E-state index is 0.0798. The molecule has 0 unspecified atom stereocenters. The van der Waals surface area contributed by atoms with Crippen LogP contribution in [0.3, 0.4) is 0 Å². The maximum atomic E-state index is 14.7. The minimum atomic E-state index is -4.57. The molecule has 0 atom stereocenters. The number of benzene rings is 5. The molecule has 0 aromatic heterocycles. The van der Waals surface area contributed by atoms with Gasteiger partial charge in [-0.3, -0.25) is 0 Å². The average molecular weight is 986 g/mol. The third-order valence-electron chi connectivity index (χ3n) is 11.2. The second-order valence-corrected chi connectivity index (χ2v) is 25.8.